The molecule has 0 bridgehead atoms. The second-order valence-corrected chi connectivity index (χ2v) is 12.6. The Morgan fingerprint density at radius 3 is 1.02 bits per heavy atom. The van der Waals surface area contributed by atoms with Crippen molar-refractivity contribution in [2.45, 2.75) is 225 Å². The first-order valence-corrected chi connectivity index (χ1v) is 18.4. The van der Waals surface area contributed by atoms with Crippen LogP contribution in [0, 0.1) is 0 Å². The molecule has 0 N–H and O–H groups in total. The molecule has 0 rings (SSSR count). The van der Waals surface area contributed by atoms with Gasteiger partial charge in [-0.15, -0.1) is 0 Å². The molecule has 40 heavy (non-hydrogen) atoms. The van der Waals surface area contributed by atoms with Crippen LogP contribution >= 0.6 is 0 Å². The first kappa shape index (κ1) is 39.1. The number of rotatable bonds is 34. The Morgan fingerprint density at radius 1 is 0.450 bits per heavy atom. The van der Waals surface area contributed by atoms with Crippen LogP contribution in [0.25, 0.3) is 0 Å². The maximum absolute atomic E-state index is 12.1. The number of esters is 1. The van der Waals surface area contributed by atoms with Gasteiger partial charge in [0.25, 0.3) is 0 Å². The Morgan fingerprint density at radius 2 is 0.725 bits per heavy atom. The predicted octanol–water partition coefficient (Wildman–Crippen LogP) is 12.6. The number of aldehydes is 1. The van der Waals surface area contributed by atoms with E-state index in [0.29, 0.717) is 12.8 Å². The summed E-state index contributed by atoms with van der Waals surface area (Å²) in [6.07, 6.45) is 41.3. The Bertz CT molecular complexity index is 504. The highest BCUT2D eigenvalue weighted by Crippen LogP contribution is 2.16. The first-order chi connectivity index (χ1) is 19.7. The summed E-state index contributed by atoms with van der Waals surface area (Å²) in [4.78, 5) is 23.4. The van der Waals surface area contributed by atoms with Crippen LogP contribution < -0.4 is 0 Å². The lowest BCUT2D eigenvalue weighted by molar-refractivity contribution is -0.152. The quantitative estimate of drug-likeness (QED) is 0.0443. The van der Waals surface area contributed by atoms with Crippen molar-refractivity contribution in [1.82, 2.24) is 0 Å². The standard InChI is InChI=1S/C37H72O3/c1-3-5-7-9-11-13-15-16-17-18-19-20-21-22-23-24-26-28-30-32-34-37(39)40-36(35-38)33-31-29-27-25-14-12-10-8-6-4-2/h35-36H,3-34H2,1-2H3. The molecule has 3 nitrogen and oxygen atoms in total. The third-order valence-corrected chi connectivity index (χ3v) is 8.51. The van der Waals surface area contributed by atoms with Crippen molar-refractivity contribution in [3.8, 4) is 0 Å². The lowest BCUT2D eigenvalue weighted by Gasteiger charge is -2.12. The van der Waals surface area contributed by atoms with Crippen molar-refractivity contribution in [1.29, 1.82) is 0 Å². The minimum atomic E-state index is -0.536. The van der Waals surface area contributed by atoms with Gasteiger partial charge in [0.05, 0.1) is 0 Å². The van der Waals surface area contributed by atoms with Gasteiger partial charge in [-0.05, 0) is 19.3 Å². The lowest BCUT2D eigenvalue weighted by atomic mass is 10.0. The van der Waals surface area contributed by atoms with E-state index >= 15 is 0 Å². The average Bonchev–Trinajstić information content (AvgIpc) is 2.96. The van der Waals surface area contributed by atoms with Gasteiger partial charge in [-0.25, -0.2) is 0 Å². The van der Waals surface area contributed by atoms with E-state index < -0.39 is 6.10 Å². The molecule has 0 saturated carbocycles. The smallest absolute Gasteiger partial charge is 0.306 e. The molecule has 0 aromatic carbocycles. The fourth-order valence-corrected chi connectivity index (χ4v) is 5.74. The van der Waals surface area contributed by atoms with Gasteiger partial charge in [0.2, 0.25) is 0 Å². The summed E-state index contributed by atoms with van der Waals surface area (Å²) in [5, 5.41) is 0. The number of hydrogen-bond donors (Lipinski definition) is 0. The van der Waals surface area contributed by atoms with Crippen molar-refractivity contribution in [3.63, 3.8) is 0 Å². The van der Waals surface area contributed by atoms with Gasteiger partial charge in [0.15, 0.2) is 12.4 Å². The van der Waals surface area contributed by atoms with E-state index in [9.17, 15) is 9.59 Å². The highest BCUT2D eigenvalue weighted by atomic mass is 16.5. The number of ether oxygens (including phenoxy) is 1. The minimum absolute atomic E-state index is 0.188. The number of carbonyl (C=O) groups is 2. The first-order valence-electron chi connectivity index (χ1n) is 18.4. The maximum Gasteiger partial charge on any atom is 0.306 e. The molecule has 0 fully saturated rings. The van der Waals surface area contributed by atoms with Gasteiger partial charge in [-0.1, -0.05) is 194 Å². The summed E-state index contributed by atoms with van der Waals surface area (Å²) < 4.78 is 5.42. The number of unbranched alkanes of at least 4 members (excludes halogenated alkanes) is 28. The normalized spacial score (nSPS) is 12.1. The van der Waals surface area contributed by atoms with E-state index in [1.807, 2.05) is 0 Å². The van der Waals surface area contributed by atoms with E-state index in [0.717, 1.165) is 32.0 Å². The maximum atomic E-state index is 12.1. The molecule has 1 unspecified atom stereocenters. The van der Waals surface area contributed by atoms with Crippen LogP contribution in [-0.4, -0.2) is 18.4 Å². The molecule has 3 heteroatoms. The van der Waals surface area contributed by atoms with Crippen LogP contribution in [0.1, 0.15) is 219 Å². The average molecular weight is 565 g/mol. The zero-order valence-corrected chi connectivity index (χ0v) is 27.5. The fourth-order valence-electron chi connectivity index (χ4n) is 5.74. The van der Waals surface area contributed by atoms with E-state index in [4.69, 9.17) is 4.74 Å². The predicted molar refractivity (Wildman–Crippen MR) is 175 cm³/mol. The Balaban J connectivity index is 3.35. The molecule has 0 aliphatic rings. The summed E-state index contributed by atoms with van der Waals surface area (Å²) in [6, 6.07) is 0. The second kappa shape index (κ2) is 34.3. The number of hydrogen-bond acceptors (Lipinski definition) is 3. The molecule has 0 amide bonds. The summed E-state index contributed by atoms with van der Waals surface area (Å²) in [6.45, 7) is 4.55. The van der Waals surface area contributed by atoms with Crippen molar-refractivity contribution < 1.29 is 14.3 Å². The van der Waals surface area contributed by atoms with Gasteiger partial charge in [-0.3, -0.25) is 9.59 Å². The Kier molecular flexibility index (Phi) is 33.6. The van der Waals surface area contributed by atoms with E-state index in [1.54, 1.807) is 0 Å². The van der Waals surface area contributed by atoms with Crippen LogP contribution in [0.15, 0.2) is 0 Å². The minimum Gasteiger partial charge on any atom is -0.455 e. The van der Waals surface area contributed by atoms with Crippen molar-refractivity contribution in [3.05, 3.63) is 0 Å². The van der Waals surface area contributed by atoms with E-state index in [1.165, 1.54) is 167 Å². The molecule has 0 saturated heterocycles. The lowest BCUT2D eigenvalue weighted by Crippen LogP contribution is -2.19. The van der Waals surface area contributed by atoms with Crippen molar-refractivity contribution in [2.75, 3.05) is 0 Å². The molecule has 238 valence electrons. The van der Waals surface area contributed by atoms with Gasteiger partial charge in [0, 0.05) is 6.42 Å². The highest BCUT2D eigenvalue weighted by molar-refractivity contribution is 5.72. The van der Waals surface area contributed by atoms with Crippen LogP contribution in [0.4, 0.5) is 0 Å². The summed E-state index contributed by atoms with van der Waals surface area (Å²) in [5.41, 5.74) is 0. The zero-order chi connectivity index (χ0) is 29.2. The van der Waals surface area contributed by atoms with Gasteiger partial charge in [-0.2, -0.15) is 0 Å². The topological polar surface area (TPSA) is 43.4 Å². The fraction of sp³-hybridized carbons (Fsp3) is 0.946. The molecule has 0 spiro atoms. The van der Waals surface area contributed by atoms with Crippen LogP contribution in [0.2, 0.25) is 0 Å². The third kappa shape index (κ3) is 31.7. The zero-order valence-electron chi connectivity index (χ0n) is 27.5. The van der Waals surface area contributed by atoms with Gasteiger partial charge < -0.3 is 4.74 Å². The summed E-state index contributed by atoms with van der Waals surface area (Å²) >= 11 is 0. The molecule has 0 aliphatic carbocycles. The van der Waals surface area contributed by atoms with Crippen LogP contribution in [-0.2, 0) is 14.3 Å². The monoisotopic (exact) mass is 565 g/mol. The molecule has 1 atom stereocenters. The van der Waals surface area contributed by atoms with Crippen LogP contribution in [0.5, 0.6) is 0 Å². The van der Waals surface area contributed by atoms with E-state index in [-0.39, 0.29) is 5.97 Å². The Hall–Kier alpha value is -0.860. The molecule has 0 aliphatic heterocycles. The Labute approximate surface area is 251 Å². The van der Waals surface area contributed by atoms with Crippen molar-refractivity contribution >= 4 is 12.3 Å². The molecule has 0 aromatic rings. The number of carbonyl (C=O) groups excluding carboxylic acids is 2. The summed E-state index contributed by atoms with van der Waals surface area (Å²) in [5.74, 6) is -0.188. The molecular formula is C37H72O3. The highest BCUT2D eigenvalue weighted by Gasteiger charge is 2.13. The van der Waals surface area contributed by atoms with Crippen molar-refractivity contribution in [2.24, 2.45) is 0 Å². The largest absolute Gasteiger partial charge is 0.455 e. The third-order valence-electron chi connectivity index (χ3n) is 8.51. The summed E-state index contributed by atoms with van der Waals surface area (Å²) in [7, 11) is 0. The van der Waals surface area contributed by atoms with Gasteiger partial charge >= 0.3 is 5.97 Å². The van der Waals surface area contributed by atoms with E-state index in [2.05, 4.69) is 13.8 Å². The molecule has 0 aromatic heterocycles. The van der Waals surface area contributed by atoms with Gasteiger partial charge in [0.1, 0.15) is 0 Å². The molecule has 0 heterocycles. The molecule has 0 radical (unpaired) electrons. The second-order valence-electron chi connectivity index (χ2n) is 12.6. The molecular weight excluding hydrogens is 492 g/mol. The SMILES string of the molecule is CCCCCCCCCCCCCCCCCCCCCCC(=O)OC(C=O)CCCCCCCCCCCC. The van der Waals surface area contributed by atoms with Crippen LogP contribution in [0.3, 0.4) is 0 Å².